The van der Waals surface area contributed by atoms with Crippen molar-refractivity contribution in [1.82, 2.24) is 15.4 Å². The number of fused-ring (bicyclic) bond motifs is 1. The molecule has 1 aliphatic heterocycles. The van der Waals surface area contributed by atoms with Crippen LogP contribution < -0.4 is 5.43 Å². The van der Waals surface area contributed by atoms with Crippen LogP contribution in [0.1, 0.15) is 47.3 Å². The van der Waals surface area contributed by atoms with Gasteiger partial charge in [-0.25, -0.2) is 9.99 Å². The normalized spacial score (nSPS) is 15.2. The number of rotatable bonds is 5. The Morgan fingerprint density at radius 1 is 1.24 bits per heavy atom. The van der Waals surface area contributed by atoms with Crippen molar-refractivity contribution in [3.8, 4) is 0 Å². The minimum Gasteiger partial charge on any atom is -0.461 e. The number of hydrazine groups is 1. The Balaban J connectivity index is 1.57. The molecule has 1 fully saturated rings. The highest BCUT2D eigenvalue weighted by atomic mass is 35.5. The van der Waals surface area contributed by atoms with E-state index in [0.717, 1.165) is 28.0 Å². The highest BCUT2D eigenvalue weighted by Crippen LogP contribution is 2.31. The molecule has 0 unspecified atom stereocenters. The number of benzene rings is 1. The van der Waals surface area contributed by atoms with Crippen molar-refractivity contribution >= 4 is 28.5 Å². The van der Waals surface area contributed by atoms with E-state index in [4.69, 9.17) is 20.8 Å². The Bertz CT molecular complexity index is 1030. The summed E-state index contributed by atoms with van der Waals surface area (Å²) in [7, 11) is 0. The maximum atomic E-state index is 12.6. The zero-order chi connectivity index (χ0) is 20.4. The SMILES string of the molecule is CC(C)c1cc2cc(Cl)cc(Cc3cccc(C(=O)NN4CCOCC4)n3)c2o1. The summed E-state index contributed by atoms with van der Waals surface area (Å²) >= 11 is 6.33. The van der Waals surface area contributed by atoms with Gasteiger partial charge in [0.05, 0.1) is 13.2 Å². The predicted octanol–water partition coefficient (Wildman–Crippen LogP) is 4.17. The lowest BCUT2D eigenvalue weighted by Crippen LogP contribution is -2.48. The molecule has 0 atom stereocenters. The van der Waals surface area contributed by atoms with Gasteiger partial charge in [0.15, 0.2) is 0 Å². The van der Waals surface area contributed by atoms with Crippen LogP contribution in [0, 0.1) is 0 Å². The van der Waals surface area contributed by atoms with E-state index in [-0.39, 0.29) is 5.91 Å². The number of morpholine rings is 1. The number of amides is 1. The summed E-state index contributed by atoms with van der Waals surface area (Å²) in [4.78, 5) is 17.1. The van der Waals surface area contributed by atoms with Crippen molar-refractivity contribution in [3.63, 3.8) is 0 Å². The standard InChI is InChI=1S/C22H24ClN3O3/c1-14(2)20-13-16-11-17(23)10-15(21(16)29-20)12-18-4-3-5-19(24-18)22(27)25-26-6-8-28-9-7-26/h3-5,10-11,13-14H,6-9,12H2,1-2H3,(H,25,27). The van der Waals surface area contributed by atoms with Crippen LogP contribution in [0.25, 0.3) is 11.0 Å². The molecule has 2 aromatic heterocycles. The molecule has 3 aromatic rings. The number of halogens is 1. The lowest BCUT2D eigenvalue weighted by atomic mass is 10.1. The first-order valence-electron chi connectivity index (χ1n) is 9.81. The van der Waals surface area contributed by atoms with Gasteiger partial charge < -0.3 is 9.15 Å². The van der Waals surface area contributed by atoms with Gasteiger partial charge in [-0.05, 0) is 30.3 Å². The van der Waals surface area contributed by atoms with E-state index < -0.39 is 0 Å². The number of nitrogens with zero attached hydrogens (tertiary/aromatic N) is 2. The van der Waals surface area contributed by atoms with Crippen LogP contribution in [0.3, 0.4) is 0 Å². The van der Waals surface area contributed by atoms with Crippen molar-refractivity contribution in [2.75, 3.05) is 26.3 Å². The van der Waals surface area contributed by atoms with Crippen LogP contribution in [0.4, 0.5) is 0 Å². The van der Waals surface area contributed by atoms with Crippen molar-refractivity contribution in [2.24, 2.45) is 0 Å². The quantitative estimate of drug-likeness (QED) is 0.679. The molecular weight excluding hydrogens is 390 g/mol. The number of hydrogen-bond acceptors (Lipinski definition) is 5. The summed E-state index contributed by atoms with van der Waals surface area (Å²) in [6.07, 6.45) is 0.529. The molecular formula is C22H24ClN3O3. The fraction of sp³-hybridized carbons (Fsp3) is 0.364. The molecule has 1 N–H and O–H groups in total. The molecule has 0 radical (unpaired) electrons. The second kappa shape index (κ2) is 8.53. The molecule has 29 heavy (non-hydrogen) atoms. The summed E-state index contributed by atoms with van der Waals surface area (Å²) in [5.74, 6) is 1.000. The summed E-state index contributed by atoms with van der Waals surface area (Å²) in [6, 6.07) is 11.3. The number of ether oxygens (including phenoxy) is 1. The molecule has 4 rings (SSSR count). The third-order valence-corrected chi connectivity index (χ3v) is 5.15. The van der Waals surface area contributed by atoms with Gasteiger partial charge in [-0.1, -0.05) is 31.5 Å². The van der Waals surface area contributed by atoms with Crippen LogP contribution in [-0.4, -0.2) is 42.2 Å². The first kappa shape index (κ1) is 19.9. The topological polar surface area (TPSA) is 67.6 Å². The molecule has 0 bridgehead atoms. The van der Waals surface area contributed by atoms with Gasteiger partial charge >= 0.3 is 0 Å². The maximum Gasteiger partial charge on any atom is 0.284 e. The highest BCUT2D eigenvalue weighted by molar-refractivity contribution is 6.31. The molecule has 1 aliphatic rings. The van der Waals surface area contributed by atoms with Crippen LogP contribution in [0.15, 0.2) is 40.8 Å². The molecule has 0 spiro atoms. The highest BCUT2D eigenvalue weighted by Gasteiger charge is 2.17. The smallest absolute Gasteiger partial charge is 0.284 e. The van der Waals surface area contributed by atoms with Gasteiger partial charge in [-0.2, -0.15) is 0 Å². The zero-order valence-electron chi connectivity index (χ0n) is 16.6. The zero-order valence-corrected chi connectivity index (χ0v) is 17.3. The largest absolute Gasteiger partial charge is 0.461 e. The summed E-state index contributed by atoms with van der Waals surface area (Å²) < 4.78 is 11.4. The number of nitrogens with one attached hydrogen (secondary N) is 1. The van der Waals surface area contributed by atoms with E-state index in [0.29, 0.717) is 49.4 Å². The first-order chi connectivity index (χ1) is 14.0. The van der Waals surface area contributed by atoms with E-state index in [1.165, 1.54) is 0 Å². The molecule has 7 heteroatoms. The Morgan fingerprint density at radius 2 is 2.03 bits per heavy atom. The number of hydrogen-bond donors (Lipinski definition) is 1. The van der Waals surface area contributed by atoms with E-state index in [1.54, 1.807) is 6.07 Å². The number of pyridine rings is 1. The van der Waals surface area contributed by atoms with Crippen LogP contribution in [-0.2, 0) is 11.2 Å². The molecule has 3 heterocycles. The number of carbonyl (C=O) groups excluding carboxylic acids is 1. The average Bonchev–Trinajstić information content (AvgIpc) is 3.13. The third-order valence-electron chi connectivity index (χ3n) is 4.93. The molecule has 0 aliphatic carbocycles. The van der Waals surface area contributed by atoms with Crippen molar-refractivity contribution in [3.05, 3.63) is 64.1 Å². The maximum absolute atomic E-state index is 12.6. The second-order valence-electron chi connectivity index (χ2n) is 7.52. The van der Waals surface area contributed by atoms with Gasteiger partial charge in [0.2, 0.25) is 0 Å². The van der Waals surface area contributed by atoms with Gasteiger partial charge in [0.1, 0.15) is 17.0 Å². The van der Waals surface area contributed by atoms with E-state index in [2.05, 4.69) is 24.3 Å². The first-order valence-corrected chi connectivity index (χ1v) is 10.2. The fourth-order valence-electron chi connectivity index (χ4n) is 3.40. The summed E-state index contributed by atoms with van der Waals surface area (Å²) in [6.45, 7) is 6.75. The van der Waals surface area contributed by atoms with Crippen LogP contribution >= 0.6 is 11.6 Å². The average molecular weight is 414 g/mol. The molecule has 1 aromatic carbocycles. The van der Waals surface area contributed by atoms with Crippen molar-refractivity contribution in [2.45, 2.75) is 26.2 Å². The molecule has 152 valence electrons. The minimum absolute atomic E-state index is 0.218. The lowest BCUT2D eigenvalue weighted by Gasteiger charge is -2.26. The van der Waals surface area contributed by atoms with Crippen LogP contribution in [0.2, 0.25) is 5.02 Å². The molecule has 6 nitrogen and oxygen atoms in total. The van der Waals surface area contributed by atoms with Gasteiger partial charge in [0, 0.05) is 47.1 Å². The minimum atomic E-state index is -0.218. The number of furan rings is 1. The van der Waals surface area contributed by atoms with E-state index in [9.17, 15) is 4.79 Å². The molecule has 0 saturated carbocycles. The third kappa shape index (κ3) is 4.61. The number of carbonyl (C=O) groups is 1. The van der Waals surface area contributed by atoms with Gasteiger partial charge in [-0.15, -0.1) is 0 Å². The van der Waals surface area contributed by atoms with Crippen molar-refractivity contribution in [1.29, 1.82) is 0 Å². The fourth-order valence-corrected chi connectivity index (χ4v) is 3.65. The predicted molar refractivity (Wildman–Crippen MR) is 112 cm³/mol. The van der Waals surface area contributed by atoms with E-state index in [1.807, 2.05) is 35.3 Å². The Hall–Kier alpha value is -2.41. The van der Waals surface area contributed by atoms with Crippen LogP contribution in [0.5, 0.6) is 0 Å². The van der Waals surface area contributed by atoms with E-state index >= 15 is 0 Å². The monoisotopic (exact) mass is 413 g/mol. The van der Waals surface area contributed by atoms with Crippen molar-refractivity contribution < 1.29 is 13.9 Å². The van der Waals surface area contributed by atoms with Gasteiger partial charge in [-0.3, -0.25) is 10.2 Å². The number of aromatic nitrogens is 1. The Kier molecular flexibility index (Phi) is 5.85. The second-order valence-corrected chi connectivity index (χ2v) is 7.95. The molecule has 1 saturated heterocycles. The summed E-state index contributed by atoms with van der Waals surface area (Å²) in [5.41, 5.74) is 5.84. The molecule has 1 amide bonds. The lowest BCUT2D eigenvalue weighted by molar-refractivity contribution is 0.0124. The van der Waals surface area contributed by atoms with Gasteiger partial charge in [0.25, 0.3) is 5.91 Å². The Labute approximate surface area is 174 Å². The summed E-state index contributed by atoms with van der Waals surface area (Å²) in [5, 5.41) is 3.50. The Morgan fingerprint density at radius 3 is 2.79 bits per heavy atom.